The third-order valence-electron chi connectivity index (χ3n) is 3.17. The summed E-state index contributed by atoms with van der Waals surface area (Å²) in [5, 5.41) is 2.81. The van der Waals surface area contributed by atoms with Gasteiger partial charge in [0, 0.05) is 6.54 Å². The highest BCUT2D eigenvalue weighted by Gasteiger charge is 2.32. The number of hydrogen-bond acceptors (Lipinski definition) is 2. The third-order valence-corrected chi connectivity index (χ3v) is 3.17. The van der Waals surface area contributed by atoms with Gasteiger partial charge in [-0.2, -0.15) is 0 Å². The molecule has 1 aromatic rings. The van der Waals surface area contributed by atoms with Crippen LogP contribution in [-0.2, 0) is 0 Å². The molecule has 1 fully saturated rings. The van der Waals surface area contributed by atoms with E-state index in [-0.39, 0.29) is 11.5 Å². The van der Waals surface area contributed by atoms with Crippen molar-refractivity contribution in [2.45, 2.75) is 26.2 Å². The summed E-state index contributed by atoms with van der Waals surface area (Å²) in [7, 11) is 0. The Hall–Kier alpha value is -1.51. The molecule has 0 bridgehead atoms. The van der Waals surface area contributed by atoms with Crippen molar-refractivity contribution in [3.05, 3.63) is 30.3 Å². The lowest BCUT2D eigenvalue weighted by Crippen LogP contribution is -2.40. The molecule has 0 unspecified atom stereocenters. The van der Waals surface area contributed by atoms with E-state index in [1.807, 2.05) is 18.2 Å². The Balaban J connectivity index is 1.76. The second-order valence-corrected chi connectivity index (χ2v) is 4.72. The Morgan fingerprint density at radius 2 is 2.06 bits per heavy atom. The molecule has 1 aliphatic rings. The molecule has 16 heavy (non-hydrogen) atoms. The zero-order valence-corrected chi connectivity index (χ0v) is 9.53. The van der Waals surface area contributed by atoms with Crippen LogP contribution in [-0.4, -0.2) is 12.6 Å². The first-order valence-corrected chi connectivity index (χ1v) is 5.69. The van der Waals surface area contributed by atoms with Gasteiger partial charge in [-0.05, 0) is 30.4 Å². The summed E-state index contributed by atoms with van der Waals surface area (Å²) in [6, 6.07) is 9.11. The fourth-order valence-corrected chi connectivity index (χ4v) is 1.87. The van der Waals surface area contributed by atoms with Crippen molar-refractivity contribution in [3.63, 3.8) is 0 Å². The lowest BCUT2D eigenvalue weighted by Gasteiger charge is -2.38. The summed E-state index contributed by atoms with van der Waals surface area (Å²) < 4.78 is 5.13. The molecule has 1 saturated carbocycles. The van der Waals surface area contributed by atoms with Gasteiger partial charge in [-0.3, -0.25) is 0 Å². The number of benzene rings is 1. The lowest BCUT2D eigenvalue weighted by atomic mass is 9.70. The van der Waals surface area contributed by atoms with E-state index in [2.05, 4.69) is 12.2 Å². The molecule has 0 spiro atoms. The van der Waals surface area contributed by atoms with Crippen molar-refractivity contribution in [2.24, 2.45) is 5.41 Å². The van der Waals surface area contributed by atoms with Crippen LogP contribution in [0.2, 0.25) is 0 Å². The van der Waals surface area contributed by atoms with Gasteiger partial charge in [0.2, 0.25) is 0 Å². The molecule has 0 aliphatic heterocycles. The van der Waals surface area contributed by atoms with Gasteiger partial charge in [-0.15, -0.1) is 0 Å². The minimum absolute atomic E-state index is 0.287. The second kappa shape index (κ2) is 4.56. The van der Waals surface area contributed by atoms with E-state index < -0.39 is 0 Å². The van der Waals surface area contributed by atoms with Crippen LogP contribution in [0.4, 0.5) is 4.79 Å². The standard InChI is InChI=1S/C13H17NO2/c1-13(8-5-9-13)10-14-12(15)16-11-6-3-2-4-7-11/h2-4,6-7H,5,8-10H2,1H3,(H,14,15). The predicted molar refractivity (Wildman–Crippen MR) is 62.4 cm³/mol. The summed E-state index contributed by atoms with van der Waals surface area (Å²) >= 11 is 0. The molecule has 0 saturated heterocycles. The number of amides is 1. The van der Waals surface area contributed by atoms with Gasteiger partial charge in [0.1, 0.15) is 5.75 Å². The summed E-state index contributed by atoms with van der Waals surface area (Å²) in [5.74, 6) is 0.582. The molecule has 0 heterocycles. The van der Waals surface area contributed by atoms with E-state index in [0.29, 0.717) is 12.3 Å². The number of rotatable bonds is 3. The van der Waals surface area contributed by atoms with Crippen LogP contribution in [0, 0.1) is 5.41 Å². The monoisotopic (exact) mass is 219 g/mol. The number of ether oxygens (including phenoxy) is 1. The maximum Gasteiger partial charge on any atom is 0.412 e. The highest BCUT2D eigenvalue weighted by molar-refractivity contribution is 5.70. The van der Waals surface area contributed by atoms with Gasteiger partial charge < -0.3 is 10.1 Å². The van der Waals surface area contributed by atoms with Crippen LogP contribution in [0.1, 0.15) is 26.2 Å². The summed E-state index contributed by atoms with van der Waals surface area (Å²) in [6.07, 6.45) is 3.29. The fraction of sp³-hybridized carbons (Fsp3) is 0.462. The van der Waals surface area contributed by atoms with Gasteiger partial charge in [0.05, 0.1) is 0 Å². The van der Waals surface area contributed by atoms with Gasteiger partial charge >= 0.3 is 6.09 Å². The Bertz CT molecular complexity index is 357. The molecule has 3 nitrogen and oxygen atoms in total. The maximum absolute atomic E-state index is 11.5. The molecule has 0 radical (unpaired) electrons. The molecule has 1 aromatic carbocycles. The Morgan fingerprint density at radius 3 is 2.62 bits per heavy atom. The van der Waals surface area contributed by atoms with E-state index in [0.717, 1.165) is 0 Å². The number of carbonyl (C=O) groups is 1. The number of carbonyl (C=O) groups excluding carboxylic acids is 1. The molecule has 3 heteroatoms. The quantitative estimate of drug-likeness (QED) is 0.848. The van der Waals surface area contributed by atoms with Crippen LogP contribution in [0.25, 0.3) is 0 Å². The minimum Gasteiger partial charge on any atom is -0.410 e. The van der Waals surface area contributed by atoms with E-state index >= 15 is 0 Å². The zero-order chi connectivity index (χ0) is 11.4. The van der Waals surface area contributed by atoms with E-state index in [1.165, 1.54) is 19.3 Å². The molecule has 86 valence electrons. The van der Waals surface area contributed by atoms with Gasteiger partial charge in [-0.25, -0.2) is 4.79 Å². The largest absolute Gasteiger partial charge is 0.412 e. The average Bonchev–Trinajstić information content (AvgIpc) is 2.25. The Kier molecular flexibility index (Phi) is 3.13. The van der Waals surface area contributed by atoms with Gasteiger partial charge in [0.15, 0.2) is 0 Å². The highest BCUT2D eigenvalue weighted by atomic mass is 16.6. The second-order valence-electron chi connectivity index (χ2n) is 4.72. The van der Waals surface area contributed by atoms with Crippen LogP contribution in [0.15, 0.2) is 30.3 Å². The minimum atomic E-state index is -0.362. The number of hydrogen-bond donors (Lipinski definition) is 1. The predicted octanol–water partition coefficient (Wildman–Crippen LogP) is 2.97. The normalized spacial score (nSPS) is 17.3. The van der Waals surface area contributed by atoms with Crippen LogP contribution in [0.3, 0.4) is 0 Å². The SMILES string of the molecule is CC1(CNC(=O)Oc2ccccc2)CCC1. The van der Waals surface area contributed by atoms with Gasteiger partial charge in [-0.1, -0.05) is 31.5 Å². The summed E-state index contributed by atoms with van der Waals surface area (Å²) in [5.41, 5.74) is 0.287. The third kappa shape index (κ3) is 2.75. The fourth-order valence-electron chi connectivity index (χ4n) is 1.87. The molecule has 0 atom stereocenters. The summed E-state index contributed by atoms with van der Waals surface area (Å²) in [6.45, 7) is 2.90. The number of para-hydroxylation sites is 1. The molecule has 1 N–H and O–H groups in total. The van der Waals surface area contributed by atoms with E-state index in [9.17, 15) is 4.79 Å². The molecular weight excluding hydrogens is 202 g/mol. The first-order valence-electron chi connectivity index (χ1n) is 5.69. The zero-order valence-electron chi connectivity index (χ0n) is 9.53. The topological polar surface area (TPSA) is 38.3 Å². The lowest BCUT2D eigenvalue weighted by molar-refractivity contribution is 0.146. The van der Waals surface area contributed by atoms with E-state index in [1.54, 1.807) is 12.1 Å². The van der Waals surface area contributed by atoms with Crippen LogP contribution in [0.5, 0.6) is 5.75 Å². The first-order chi connectivity index (χ1) is 7.68. The Morgan fingerprint density at radius 1 is 1.38 bits per heavy atom. The number of nitrogens with one attached hydrogen (secondary N) is 1. The van der Waals surface area contributed by atoms with Crippen molar-refractivity contribution in [1.82, 2.24) is 5.32 Å². The van der Waals surface area contributed by atoms with Crippen LogP contribution < -0.4 is 10.1 Å². The molecular formula is C13H17NO2. The van der Waals surface area contributed by atoms with Crippen molar-refractivity contribution in [3.8, 4) is 5.75 Å². The van der Waals surface area contributed by atoms with Crippen molar-refractivity contribution < 1.29 is 9.53 Å². The summed E-state index contributed by atoms with van der Waals surface area (Å²) in [4.78, 5) is 11.5. The maximum atomic E-state index is 11.5. The van der Waals surface area contributed by atoms with Crippen molar-refractivity contribution >= 4 is 6.09 Å². The first kappa shape index (κ1) is 11.0. The van der Waals surface area contributed by atoms with Crippen molar-refractivity contribution in [1.29, 1.82) is 0 Å². The van der Waals surface area contributed by atoms with Crippen LogP contribution >= 0.6 is 0 Å². The highest BCUT2D eigenvalue weighted by Crippen LogP contribution is 2.39. The van der Waals surface area contributed by atoms with Gasteiger partial charge in [0.25, 0.3) is 0 Å². The Labute approximate surface area is 95.8 Å². The molecule has 2 rings (SSSR count). The average molecular weight is 219 g/mol. The molecule has 1 aliphatic carbocycles. The van der Waals surface area contributed by atoms with E-state index in [4.69, 9.17) is 4.74 Å². The smallest absolute Gasteiger partial charge is 0.410 e. The molecule has 0 aromatic heterocycles. The van der Waals surface area contributed by atoms with Crippen molar-refractivity contribution in [2.75, 3.05) is 6.54 Å². The molecule has 1 amide bonds.